The molecule has 7 heteroatoms. The monoisotopic (exact) mass is 333 g/mol. The minimum absolute atomic E-state index is 0.0418. The molecule has 1 unspecified atom stereocenters. The van der Waals surface area contributed by atoms with Crippen molar-refractivity contribution in [1.82, 2.24) is 5.32 Å². The molecule has 0 aliphatic carbocycles. The highest BCUT2D eigenvalue weighted by atomic mass is 35.5. The Morgan fingerprint density at radius 3 is 2.52 bits per heavy atom. The molecule has 0 heterocycles. The fraction of sp³-hybridized carbons (Fsp3) is 0.500. The van der Waals surface area contributed by atoms with Crippen molar-refractivity contribution in [2.45, 2.75) is 37.1 Å². The molecule has 1 aromatic rings. The molecule has 118 valence electrons. The fourth-order valence-corrected chi connectivity index (χ4v) is 3.15. The Hall–Kier alpha value is -1.11. The van der Waals surface area contributed by atoms with Gasteiger partial charge in [-0.1, -0.05) is 18.5 Å². The summed E-state index contributed by atoms with van der Waals surface area (Å²) in [5.74, 6) is -0.394. The molecule has 0 spiro atoms. The van der Waals surface area contributed by atoms with E-state index in [2.05, 4.69) is 5.32 Å². The van der Waals surface area contributed by atoms with Crippen molar-refractivity contribution in [3.63, 3.8) is 0 Å². The molecule has 0 aliphatic heterocycles. The third-order valence-corrected chi connectivity index (χ3v) is 5.03. The van der Waals surface area contributed by atoms with Crippen molar-refractivity contribution in [3.05, 3.63) is 28.8 Å². The lowest BCUT2D eigenvalue weighted by atomic mass is 9.94. The van der Waals surface area contributed by atoms with E-state index in [4.69, 9.17) is 16.7 Å². The van der Waals surface area contributed by atoms with E-state index in [1.165, 1.54) is 18.2 Å². The average Bonchev–Trinajstić information content (AvgIpc) is 2.38. The first-order valence-electron chi connectivity index (χ1n) is 6.56. The van der Waals surface area contributed by atoms with Crippen molar-refractivity contribution >= 4 is 27.3 Å². The highest BCUT2D eigenvalue weighted by Gasteiger charge is 2.25. The van der Waals surface area contributed by atoms with Gasteiger partial charge < -0.3 is 10.4 Å². The molecule has 0 aliphatic rings. The Labute approximate surface area is 130 Å². The van der Waals surface area contributed by atoms with Gasteiger partial charge in [-0.15, -0.1) is 0 Å². The molecule has 1 aromatic carbocycles. The van der Waals surface area contributed by atoms with Gasteiger partial charge in [-0.05, 0) is 38.0 Å². The largest absolute Gasteiger partial charge is 0.396 e. The summed E-state index contributed by atoms with van der Waals surface area (Å²) in [6.07, 6.45) is 2.10. The van der Waals surface area contributed by atoms with Crippen LogP contribution in [-0.4, -0.2) is 37.8 Å². The average molecular weight is 334 g/mol. The summed E-state index contributed by atoms with van der Waals surface area (Å²) >= 11 is 5.85. The lowest BCUT2D eigenvalue weighted by molar-refractivity contribution is 0.0886. The number of sulfone groups is 1. The number of rotatable bonds is 6. The predicted octanol–water partition coefficient (Wildman–Crippen LogP) is 2.02. The number of carbonyl (C=O) groups excluding carboxylic acids is 1. The van der Waals surface area contributed by atoms with Gasteiger partial charge in [-0.25, -0.2) is 8.42 Å². The lowest BCUT2D eigenvalue weighted by Crippen LogP contribution is -2.46. The Balaban J connectivity index is 3.09. The Morgan fingerprint density at radius 2 is 2.05 bits per heavy atom. The summed E-state index contributed by atoms with van der Waals surface area (Å²) in [6.45, 7) is 3.69. The molecule has 0 saturated carbocycles. The maximum atomic E-state index is 12.3. The van der Waals surface area contributed by atoms with Crippen molar-refractivity contribution in [1.29, 1.82) is 0 Å². The number of carbonyl (C=O) groups is 1. The zero-order valence-corrected chi connectivity index (χ0v) is 13.9. The lowest BCUT2D eigenvalue weighted by Gasteiger charge is -2.29. The number of hydrogen-bond donors (Lipinski definition) is 2. The molecule has 5 nitrogen and oxygen atoms in total. The Bertz CT molecular complexity index is 630. The van der Waals surface area contributed by atoms with Gasteiger partial charge in [0.05, 0.1) is 9.92 Å². The Kier molecular flexibility index (Phi) is 5.78. The maximum absolute atomic E-state index is 12.3. The molecule has 0 aromatic heterocycles. The zero-order chi connectivity index (χ0) is 16.3. The van der Waals surface area contributed by atoms with Gasteiger partial charge in [0.2, 0.25) is 0 Å². The number of aliphatic hydroxyl groups is 1. The molecule has 0 radical (unpaired) electrons. The van der Waals surface area contributed by atoms with Crippen LogP contribution < -0.4 is 5.32 Å². The van der Waals surface area contributed by atoms with Crippen LogP contribution in [0.1, 0.15) is 37.0 Å². The SMILES string of the molecule is CCC(C)(CCO)NC(=O)c1ccc(Cl)c(S(C)(=O)=O)c1. The van der Waals surface area contributed by atoms with Crippen molar-refractivity contribution in [3.8, 4) is 0 Å². The van der Waals surface area contributed by atoms with E-state index in [1.807, 2.05) is 13.8 Å². The van der Waals surface area contributed by atoms with Gasteiger partial charge in [0.15, 0.2) is 9.84 Å². The summed E-state index contributed by atoms with van der Waals surface area (Å²) in [5.41, 5.74) is -0.325. The quantitative estimate of drug-likeness (QED) is 0.834. The van der Waals surface area contributed by atoms with Gasteiger partial charge in [0.25, 0.3) is 5.91 Å². The van der Waals surface area contributed by atoms with Crippen LogP contribution >= 0.6 is 11.6 Å². The highest BCUT2D eigenvalue weighted by molar-refractivity contribution is 7.90. The van der Waals surface area contributed by atoms with Crippen LogP contribution in [-0.2, 0) is 9.84 Å². The van der Waals surface area contributed by atoms with Crippen LogP contribution in [0.4, 0.5) is 0 Å². The highest BCUT2D eigenvalue weighted by Crippen LogP contribution is 2.23. The fourth-order valence-electron chi connectivity index (χ4n) is 1.85. The van der Waals surface area contributed by atoms with Crippen LogP contribution in [0.5, 0.6) is 0 Å². The minimum Gasteiger partial charge on any atom is -0.396 e. The molecule has 2 N–H and O–H groups in total. The summed E-state index contributed by atoms with van der Waals surface area (Å²) in [5, 5.41) is 12.0. The second-order valence-corrected chi connectivity index (χ2v) is 7.65. The maximum Gasteiger partial charge on any atom is 0.251 e. The first-order valence-corrected chi connectivity index (χ1v) is 8.83. The van der Waals surface area contributed by atoms with Gasteiger partial charge in [0, 0.05) is 24.0 Å². The second kappa shape index (κ2) is 6.77. The second-order valence-electron chi connectivity index (χ2n) is 5.26. The van der Waals surface area contributed by atoms with Crippen LogP contribution in [0.3, 0.4) is 0 Å². The smallest absolute Gasteiger partial charge is 0.251 e. The van der Waals surface area contributed by atoms with Gasteiger partial charge >= 0.3 is 0 Å². The van der Waals surface area contributed by atoms with Gasteiger partial charge in [0.1, 0.15) is 0 Å². The summed E-state index contributed by atoms with van der Waals surface area (Å²) in [6, 6.07) is 4.13. The van der Waals surface area contributed by atoms with Crippen LogP contribution in [0.15, 0.2) is 23.1 Å². The van der Waals surface area contributed by atoms with E-state index >= 15 is 0 Å². The molecule has 0 saturated heterocycles. The molecule has 1 atom stereocenters. The van der Waals surface area contributed by atoms with E-state index in [0.29, 0.717) is 12.8 Å². The molecule has 1 amide bonds. The van der Waals surface area contributed by atoms with Crippen LogP contribution in [0.25, 0.3) is 0 Å². The van der Waals surface area contributed by atoms with Gasteiger partial charge in [-0.3, -0.25) is 4.79 Å². The molecular weight excluding hydrogens is 314 g/mol. The zero-order valence-electron chi connectivity index (χ0n) is 12.3. The molecular formula is C14H20ClNO4S. The number of halogens is 1. The minimum atomic E-state index is -3.50. The predicted molar refractivity (Wildman–Crippen MR) is 82.4 cm³/mol. The summed E-state index contributed by atoms with van der Waals surface area (Å²) in [4.78, 5) is 12.2. The molecule has 1 rings (SSSR count). The van der Waals surface area contributed by atoms with E-state index < -0.39 is 21.3 Å². The first-order chi connectivity index (χ1) is 9.63. The summed E-state index contributed by atoms with van der Waals surface area (Å²) < 4.78 is 23.2. The third kappa shape index (κ3) is 4.69. The number of benzene rings is 1. The summed E-state index contributed by atoms with van der Waals surface area (Å²) in [7, 11) is -3.50. The van der Waals surface area contributed by atoms with Crippen molar-refractivity contribution in [2.24, 2.45) is 0 Å². The van der Waals surface area contributed by atoms with Crippen LogP contribution in [0, 0.1) is 0 Å². The van der Waals surface area contributed by atoms with Crippen molar-refractivity contribution < 1.29 is 18.3 Å². The van der Waals surface area contributed by atoms with E-state index in [-0.39, 0.29) is 22.1 Å². The molecule has 0 fully saturated rings. The molecule has 21 heavy (non-hydrogen) atoms. The number of nitrogens with one attached hydrogen (secondary N) is 1. The standard InChI is InChI=1S/C14H20ClNO4S/c1-4-14(2,7-8-17)16-13(18)10-5-6-11(15)12(9-10)21(3,19)20/h5-6,9,17H,4,7-8H2,1-3H3,(H,16,18). The topological polar surface area (TPSA) is 83.5 Å². The van der Waals surface area contributed by atoms with Crippen LogP contribution in [0.2, 0.25) is 5.02 Å². The third-order valence-electron chi connectivity index (χ3n) is 3.45. The first kappa shape index (κ1) is 17.9. The number of hydrogen-bond acceptors (Lipinski definition) is 4. The van der Waals surface area contributed by atoms with E-state index in [0.717, 1.165) is 6.26 Å². The van der Waals surface area contributed by atoms with Gasteiger partial charge in [-0.2, -0.15) is 0 Å². The Morgan fingerprint density at radius 1 is 1.43 bits per heavy atom. The van der Waals surface area contributed by atoms with E-state index in [1.54, 1.807) is 0 Å². The normalized spacial score (nSPS) is 14.5. The molecule has 0 bridgehead atoms. The van der Waals surface area contributed by atoms with Crippen molar-refractivity contribution in [2.75, 3.05) is 12.9 Å². The van der Waals surface area contributed by atoms with E-state index in [9.17, 15) is 13.2 Å². The number of aliphatic hydroxyl groups excluding tert-OH is 1. The number of amides is 1.